The van der Waals surface area contributed by atoms with E-state index in [1.165, 1.54) is 24.4 Å². The fourth-order valence-corrected chi connectivity index (χ4v) is 3.91. The number of anilines is 1. The van der Waals surface area contributed by atoms with Crippen molar-refractivity contribution in [1.82, 2.24) is 10.1 Å². The van der Waals surface area contributed by atoms with E-state index in [1.54, 1.807) is 6.92 Å². The number of ether oxygens (including phenoxy) is 1. The zero-order valence-corrected chi connectivity index (χ0v) is 15.8. The van der Waals surface area contributed by atoms with Crippen LogP contribution in [0.1, 0.15) is 12.2 Å². The maximum atomic E-state index is 12.3. The number of allylic oxidation sites excluding steroid dienone is 3. The van der Waals surface area contributed by atoms with Gasteiger partial charge in [0.2, 0.25) is 5.88 Å². The van der Waals surface area contributed by atoms with E-state index in [0.29, 0.717) is 23.1 Å². The maximum absolute atomic E-state index is 12.3. The average molecular weight is 391 g/mol. The van der Waals surface area contributed by atoms with Gasteiger partial charge in [-0.3, -0.25) is 4.72 Å². The van der Waals surface area contributed by atoms with Crippen molar-refractivity contribution in [2.75, 3.05) is 4.72 Å². The Morgan fingerprint density at radius 2 is 2.19 bits per heavy atom. The summed E-state index contributed by atoms with van der Waals surface area (Å²) in [5.41, 5.74) is 0.351. The SMILES string of the molecule is C=P(=C)C1C=CC(Oc2ccc(S(=O)(=O)Nc3cc(C)on3)cn2)=CC1. The summed E-state index contributed by atoms with van der Waals surface area (Å²) in [5.74, 6) is 1.59. The van der Waals surface area contributed by atoms with Crippen molar-refractivity contribution in [3.05, 3.63) is 54.1 Å². The Morgan fingerprint density at radius 1 is 1.38 bits per heavy atom. The normalized spacial score (nSPS) is 16.8. The van der Waals surface area contributed by atoms with Crippen molar-refractivity contribution >= 4 is 35.6 Å². The molecule has 0 aliphatic heterocycles. The average Bonchev–Trinajstić information content (AvgIpc) is 3.00. The zero-order chi connectivity index (χ0) is 18.7. The lowest BCUT2D eigenvalue weighted by molar-refractivity contribution is 0.400. The van der Waals surface area contributed by atoms with Crippen molar-refractivity contribution in [1.29, 1.82) is 0 Å². The minimum absolute atomic E-state index is 0.00140. The van der Waals surface area contributed by atoms with Gasteiger partial charge in [-0.25, -0.2) is 13.4 Å². The van der Waals surface area contributed by atoms with Crippen molar-refractivity contribution in [2.24, 2.45) is 0 Å². The molecule has 1 aliphatic carbocycles. The second-order valence-electron chi connectivity index (χ2n) is 5.72. The molecule has 2 aromatic heterocycles. The summed E-state index contributed by atoms with van der Waals surface area (Å²) in [7, 11) is -4.32. The molecule has 2 heterocycles. The number of rotatable bonds is 6. The Balaban J connectivity index is 1.68. The van der Waals surface area contributed by atoms with Crippen LogP contribution in [0.4, 0.5) is 5.82 Å². The van der Waals surface area contributed by atoms with E-state index in [1.807, 2.05) is 18.2 Å². The van der Waals surface area contributed by atoms with Gasteiger partial charge >= 0.3 is 0 Å². The van der Waals surface area contributed by atoms with Gasteiger partial charge in [-0.1, -0.05) is 23.8 Å². The van der Waals surface area contributed by atoms with Gasteiger partial charge in [0.25, 0.3) is 10.0 Å². The van der Waals surface area contributed by atoms with Crippen molar-refractivity contribution in [3.63, 3.8) is 0 Å². The van der Waals surface area contributed by atoms with E-state index in [9.17, 15) is 8.42 Å². The summed E-state index contributed by atoms with van der Waals surface area (Å²) in [6.45, 7) is 1.67. The Hall–Kier alpha value is -2.57. The Bertz CT molecular complexity index is 1030. The molecule has 0 saturated carbocycles. The van der Waals surface area contributed by atoms with E-state index in [4.69, 9.17) is 9.26 Å². The molecule has 0 fully saturated rings. The van der Waals surface area contributed by atoms with Crippen LogP contribution < -0.4 is 9.46 Å². The van der Waals surface area contributed by atoms with E-state index in [0.717, 1.165) is 6.42 Å². The van der Waals surface area contributed by atoms with Crippen molar-refractivity contribution in [3.8, 4) is 5.88 Å². The number of aryl methyl sites for hydroxylation is 1. The first-order valence-electron chi connectivity index (χ1n) is 7.72. The number of pyridine rings is 1. The molecule has 7 nitrogen and oxygen atoms in total. The second-order valence-corrected chi connectivity index (χ2v) is 9.24. The molecule has 1 N–H and O–H groups in total. The van der Waals surface area contributed by atoms with Crippen LogP contribution in [0.3, 0.4) is 0 Å². The highest BCUT2D eigenvalue weighted by atomic mass is 32.2. The molecule has 0 spiro atoms. The van der Waals surface area contributed by atoms with Gasteiger partial charge in [0.05, 0.1) is 6.20 Å². The topological polar surface area (TPSA) is 94.3 Å². The monoisotopic (exact) mass is 391 g/mol. The zero-order valence-electron chi connectivity index (χ0n) is 14.1. The molecule has 0 aromatic carbocycles. The largest absolute Gasteiger partial charge is 0.439 e. The lowest BCUT2D eigenvalue weighted by atomic mass is 10.2. The molecule has 0 bridgehead atoms. The number of hydrogen-bond acceptors (Lipinski definition) is 6. The molecule has 136 valence electrons. The van der Waals surface area contributed by atoms with E-state index >= 15 is 0 Å². The lowest BCUT2D eigenvalue weighted by Crippen LogP contribution is -2.13. The third-order valence-electron chi connectivity index (χ3n) is 3.62. The molecule has 9 heteroatoms. The van der Waals surface area contributed by atoms with Gasteiger partial charge in [-0.15, -0.1) is 7.17 Å². The van der Waals surface area contributed by atoms with Gasteiger partial charge in [0.15, 0.2) is 5.82 Å². The molecule has 3 rings (SSSR count). The molecule has 0 radical (unpaired) electrons. The standard InChI is InChI=1S/C17H18N3O4PS/c1-12-10-16(19-24-12)20-26(21,22)15-8-9-17(18-11-15)23-13-4-6-14(7-5-13)25(2)3/h4-6,8-11,14H,2-3,7H2,1H3,(H,19,20). The summed E-state index contributed by atoms with van der Waals surface area (Å²) in [6, 6.07) is 4.40. The molecule has 2 aromatic rings. The summed E-state index contributed by atoms with van der Waals surface area (Å²) >= 11 is 0. The number of aromatic nitrogens is 2. The van der Waals surface area contributed by atoms with E-state index in [2.05, 4.69) is 27.5 Å². The number of hydrogen-bond donors (Lipinski definition) is 1. The first kappa shape index (κ1) is 18.2. The minimum Gasteiger partial charge on any atom is -0.439 e. The van der Waals surface area contributed by atoms with Gasteiger partial charge in [0, 0.05) is 17.8 Å². The smallest absolute Gasteiger partial charge is 0.264 e. The summed E-state index contributed by atoms with van der Waals surface area (Å²) < 4.78 is 37.4. The molecule has 1 unspecified atom stereocenters. The van der Waals surface area contributed by atoms with Crippen LogP contribution in [-0.4, -0.2) is 36.8 Å². The van der Waals surface area contributed by atoms with E-state index in [-0.39, 0.29) is 10.7 Å². The van der Waals surface area contributed by atoms with Gasteiger partial charge in [0.1, 0.15) is 16.4 Å². The first-order chi connectivity index (χ1) is 12.3. The summed E-state index contributed by atoms with van der Waals surface area (Å²) in [4.78, 5) is 4.06. The predicted molar refractivity (Wildman–Crippen MR) is 104 cm³/mol. The highest BCUT2D eigenvalue weighted by Gasteiger charge is 2.17. The van der Waals surface area contributed by atoms with Gasteiger partial charge in [-0.2, -0.15) is 0 Å². The second kappa shape index (κ2) is 7.35. The fourth-order valence-electron chi connectivity index (χ4n) is 2.25. The fraction of sp³-hybridized carbons (Fsp3) is 0.176. The highest BCUT2D eigenvalue weighted by molar-refractivity contribution is 7.92. The highest BCUT2D eigenvalue weighted by Crippen LogP contribution is 2.25. The van der Waals surface area contributed by atoms with Crippen LogP contribution in [0, 0.1) is 6.92 Å². The maximum Gasteiger partial charge on any atom is 0.264 e. The summed E-state index contributed by atoms with van der Waals surface area (Å²) in [6.07, 6.45) is 15.9. The quantitative estimate of drug-likeness (QED) is 0.761. The Morgan fingerprint density at radius 3 is 2.73 bits per heavy atom. The van der Waals surface area contributed by atoms with Crippen molar-refractivity contribution in [2.45, 2.75) is 23.9 Å². The van der Waals surface area contributed by atoms with Gasteiger partial charge in [-0.05, 0) is 31.6 Å². The van der Waals surface area contributed by atoms with E-state index < -0.39 is 17.2 Å². The molecule has 0 saturated heterocycles. The molecule has 0 amide bonds. The van der Waals surface area contributed by atoms with Gasteiger partial charge < -0.3 is 9.26 Å². The number of nitrogens with one attached hydrogen (secondary N) is 1. The Labute approximate surface area is 152 Å². The van der Waals surface area contributed by atoms with Crippen LogP contribution in [0.2, 0.25) is 0 Å². The van der Waals surface area contributed by atoms with Crippen LogP contribution in [-0.2, 0) is 10.0 Å². The third-order valence-corrected chi connectivity index (χ3v) is 6.28. The van der Waals surface area contributed by atoms with Crippen LogP contribution >= 0.6 is 7.17 Å². The molecule has 26 heavy (non-hydrogen) atoms. The van der Waals surface area contributed by atoms with Crippen LogP contribution in [0.15, 0.2) is 57.8 Å². The lowest BCUT2D eigenvalue weighted by Gasteiger charge is -2.14. The van der Waals surface area contributed by atoms with Crippen molar-refractivity contribution < 1.29 is 17.7 Å². The third kappa shape index (κ3) is 4.33. The summed E-state index contributed by atoms with van der Waals surface area (Å²) in [5, 5.41) is 3.61. The minimum atomic E-state index is -3.80. The Kier molecular flexibility index (Phi) is 5.15. The number of nitrogens with zero attached hydrogens (tertiary/aromatic N) is 2. The first-order valence-corrected chi connectivity index (χ1v) is 11.0. The molecular weight excluding hydrogens is 373 g/mol. The number of sulfonamides is 1. The molecule has 1 atom stereocenters. The van der Waals surface area contributed by atoms with Crippen LogP contribution in [0.25, 0.3) is 0 Å². The molecule has 1 aliphatic rings. The predicted octanol–water partition coefficient (Wildman–Crippen LogP) is 3.12. The molecular formula is C17H18N3O4PS. The van der Waals surface area contributed by atoms with Crippen LogP contribution in [0.5, 0.6) is 5.88 Å².